The molecule has 1 atom stereocenters. The van der Waals surface area contributed by atoms with Crippen LogP contribution in [0, 0.1) is 0 Å². The van der Waals surface area contributed by atoms with E-state index in [1.807, 2.05) is 18.2 Å². The average Bonchev–Trinajstić information content (AvgIpc) is 2.98. The van der Waals surface area contributed by atoms with Crippen LogP contribution in [0.2, 0.25) is 10.0 Å². The molecule has 0 aliphatic heterocycles. The molecule has 0 radical (unpaired) electrons. The van der Waals surface area contributed by atoms with Crippen molar-refractivity contribution in [2.75, 3.05) is 17.7 Å². The van der Waals surface area contributed by atoms with Gasteiger partial charge in [0, 0.05) is 17.8 Å². The third-order valence-corrected chi connectivity index (χ3v) is 4.37. The molecule has 3 rings (SSSR count). The minimum absolute atomic E-state index is 0.181. The van der Waals surface area contributed by atoms with Gasteiger partial charge in [0.15, 0.2) is 5.58 Å². The molecule has 1 unspecified atom stereocenters. The lowest BCUT2D eigenvalue weighted by Crippen LogP contribution is -2.20. The van der Waals surface area contributed by atoms with Crippen LogP contribution in [0.4, 0.5) is 5.69 Å². The molecule has 1 heterocycles. The van der Waals surface area contributed by atoms with Crippen LogP contribution in [-0.2, 0) is 0 Å². The molecule has 2 aromatic carbocycles. The van der Waals surface area contributed by atoms with E-state index in [4.69, 9.17) is 39.2 Å². The molecule has 7 heteroatoms. The van der Waals surface area contributed by atoms with Crippen molar-refractivity contribution in [1.29, 1.82) is 0 Å². The maximum absolute atomic E-state index is 9.48. The van der Waals surface area contributed by atoms with Crippen molar-refractivity contribution in [2.45, 2.75) is 6.10 Å². The summed E-state index contributed by atoms with van der Waals surface area (Å²) in [5, 5.41) is 13.5. The molecule has 0 saturated heterocycles. The van der Waals surface area contributed by atoms with Crippen LogP contribution in [-0.4, -0.2) is 28.6 Å². The molecule has 0 aliphatic carbocycles. The summed E-state index contributed by atoms with van der Waals surface area (Å²) >= 11 is 17.5. The fourth-order valence-electron chi connectivity index (χ4n) is 2.08. The first-order valence-corrected chi connectivity index (χ1v) is 8.20. The number of hydrogen-bond donors (Lipinski definition) is 2. The molecule has 0 fully saturated rings. The number of aromatic nitrogens is 1. The Bertz CT molecular complexity index is 835. The maximum atomic E-state index is 9.48. The monoisotopic (exact) mass is 370 g/mol. The van der Waals surface area contributed by atoms with Gasteiger partial charge in [0.1, 0.15) is 5.52 Å². The SMILES string of the molecule is OC(CCl)CNc1ccc2oc(-c3ccc(Cl)c(Cl)c3)nc2c1. The van der Waals surface area contributed by atoms with Crippen molar-refractivity contribution in [3.8, 4) is 11.5 Å². The van der Waals surface area contributed by atoms with E-state index in [9.17, 15) is 5.11 Å². The average molecular weight is 372 g/mol. The fourth-order valence-corrected chi connectivity index (χ4v) is 2.49. The molecule has 2 N–H and O–H groups in total. The second-order valence-corrected chi connectivity index (χ2v) is 6.14. The van der Waals surface area contributed by atoms with Crippen molar-refractivity contribution in [2.24, 2.45) is 0 Å². The molecule has 0 spiro atoms. The Morgan fingerprint density at radius 3 is 2.70 bits per heavy atom. The highest BCUT2D eigenvalue weighted by molar-refractivity contribution is 6.42. The summed E-state index contributed by atoms with van der Waals surface area (Å²) in [6.45, 7) is 0.368. The van der Waals surface area contributed by atoms with E-state index in [0.29, 0.717) is 33.6 Å². The Hall–Kier alpha value is -1.46. The first-order valence-electron chi connectivity index (χ1n) is 6.91. The quantitative estimate of drug-likeness (QED) is 0.632. The Morgan fingerprint density at radius 2 is 1.96 bits per heavy atom. The standard InChI is InChI=1S/C16H13Cl3N2O2/c17-7-11(22)8-20-10-2-4-15-14(6-10)21-16(23-15)9-1-3-12(18)13(19)5-9/h1-6,11,20,22H,7-8H2. The van der Waals surface area contributed by atoms with Gasteiger partial charge in [0.05, 0.1) is 22.0 Å². The lowest BCUT2D eigenvalue weighted by atomic mass is 10.2. The molecule has 3 aromatic rings. The number of oxazole rings is 1. The second-order valence-electron chi connectivity index (χ2n) is 5.02. The lowest BCUT2D eigenvalue weighted by Gasteiger charge is -2.09. The van der Waals surface area contributed by atoms with E-state index in [2.05, 4.69) is 10.3 Å². The molecule has 0 saturated carbocycles. The number of nitrogens with zero attached hydrogens (tertiary/aromatic N) is 1. The first kappa shape index (κ1) is 16.4. The number of nitrogens with one attached hydrogen (secondary N) is 1. The zero-order valence-corrected chi connectivity index (χ0v) is 14.2. The van der Waals surface area contributed by atoms with Gasteiger partial charge in [-0.05, 0) is 36.4 Å². The van der Waals surface area contributed by atoms with Crippen LogP contribution in [0.1, 0.15) is 0 Å². The molecule has 0 bridgehead atoms. The maximum Gasteiger partial charge on any atom is 0.227 e. The molecular weight excluding hydrogens is 359 g/mol. The van der Waals surface area contributed by atoms with Crippen LogP contribution in [0.5, 0.6) is 0 Å². The van der Waals surface area contributed by atoms with Gasteiger partial charge in [0.2, 0.25) is 5.89 Å². The largest absolute Gasteiger partial charge is 0.436 e. The number of benzene rings is 2. The zero-order chi connectivity index (χ0) is 16.4. The van der Waals surface area contributed by atoms with Gasteiger partial charge in [-0.15, -0.1) is 11.6 Å². The summed E-state index contributed by atoms with van der Waals surface area (Å²) in [7, 11) is 0. The number of halogens is 3. The van der Waals surface area contributed by atoms with E-state index < -0.39 is 6.10 Å². The highest BCUT2D eigenvalue weighted by atomic mass is 35.5. The Labute approximate surface area is 148 Å². The molecule has 0 amide bonds. The van der Waals surface area contributed by atoms with E-state index in [1.165, 1.54) is 0 Å². The minimum atomic E-state index is -0.601. The summed E-state index contributed by atoms with van der Waals surface area (Å²) in [6, 6.07) is 10.7. The van der Waals surface area contributed by atoms with Gasteiger partial charge >= 0.3 is 0 Å². The molecule has 4 nitrogen and oxygen atoms in total. The van der Waals surface area contributed by atoms with Crippen LogP contribution in [0.3, 0.4) is 0 Å². The van der Waals surface area contributed by atoms with Crippen LogP contribution in [0.15, 0.2) is 40.8 Å². The van der Waals surface area contributed by atoms with Crippen molar-refractivity contribution in [3.63, 3.8) is 0 Å². The summed E-state index contributed by atoms with van der Waals surface area (Å²) < 4.78 is 5.74. The van der Waals surface area contributed by atoms with Crippen LogP contribution < -0.4 is 5.32 Å². The topological polar surface area (TPSA) is 58.3 Å². The summed E-state index contributed by atoms with van der Waals surface area (Å²) in [5.74, 6) is 0.650. The van der Waals surface area contributed by atoms with E-state index in [-0.39, 0.29) is 5.88 Å². The minimum Gasteiger partial charge on any atom is -0.436 e. The van der Waals surface area contributed by atoms with Gasteiger partial charge in [-0.2, -0.15) is 0 Å². The van der Waals surface area contributed by atoms with E-state index in [1.54, 1.807) is 18.2 Å². The normalized spacial score (nSPS) is 12.5. The first-order chi connectivity index (χ1) is 11.1. The third kappa shape index (κ3) is 3.72. The summed E-state index contributed by atoms with van der Waals surface area (Å²) in [5.41, 5.74) is 2.95. The van der Waals surface area contributed by atoms with Gasteiger partial charge in [-0.25, -0.2) is 4.98 Å². The second kappa shape index (κ2) is 6.97. The van der Waals surface area contributed by atoms with Gasteiger partial charge in [-0.1, -0.05) is 23.2 Å². The fraction of sp³-hybridized carbons (Fsp3) is 0.188. The van der Waals surface area contributed by atoms with Crippen molar-refractivity contribution >= 4 is 51.6 Å². The van der Waals surface area contributed by atoms with E-state index >= 15 is 0 Å². The number of hydrogen-bond acceptors (Lipinski definition) is 4. The zero-order valence-electron chi connectivity index (χ0n) is 11.9. The third-order valence-electron chi connectivity index (χ3n) is 3.27. The highest BCUT2D eigenvalue weighted by Crippen LogP contribution is 2.30. The van der Waals surface area contributed by atoms with Crippen LogP contribution in [0.25, 0.3) is 22.6 Å². The Morgan fingerprint density at radius 1 is 1.13 bits per heavy atom. The molecule has 0 aliphatic rings. The number of alkyl halides is 1. The summed E-state index contributed by atoms with van der Waals surface area (Å²) in [6.07, 6.45) is -0.601. The number of rotatable bonds is 5. The Balaban J connectivity index is 1.88. The Kier molecular flexibility index (Phi) is 4.97. The molecule has 120 valence electrons. The van der Waals surface area contributed by atoms with Gasteiger partial charge < -0.3 is 14.8 Å². The van der Waals surface area contributed by atoms with Crippen molar-refractivity contribution in [3.05, 3.63) is 46.4 Å². The summed E-state index contributed by atoms with van der Waals surface area (Å²) in [4.78, 5) is 4.46. The number of aliphatic hydroxyl groups excluding tert-OH is 1. The lowest BCUT2D eigenvalue weighted by molar-refractivity contribution is 0.211. The van der Waals surface area contributed by atoms with Crippen molar-refractivity contribution < 1.29 is 9.52 Å². The number of aliphatic hydroxyl groups is 1. The molecular formula is C16H13Cl3N2O2. The molecule has 1 aromatic heterocycles. The number of fused-ring (bicyclic) bond motifs is 1. The van der Waals surface area contributed by atoms with Gasteiger partial charge in [-0.3, -0.25) is 0 Å². The highest BCUT2D eigenvalue weighted by Gasteiger charge is 2.11. The van der Waals surface area contributed by atoms with Gasteiger partial charge in [0.25, 0.3) is 0 Å². The number of anilines is 1. The van der Waals surface area contributed by atoms with E-state index in [0.717, 1.165) is 11.3 Å². The smallest absolute Gasteiger partial charge is 0.227 e. The van der Waals surface area contributed by atoms with Crippen LogP contribution >= 0.6 is 34.8 Å². The van der Waals surface area contributed by atoms with Crippen molar-refractivity contribution in [1.82, 2.24) is 4.98 Å². The predicted molar refractivity (Wildman–Crippen MR) is 94.7 cm³/mol. The molecule has 23 heavy (non-hydrogen) atoms. The predicted octanol–water partition coefficient (Wildman–Crippen LogP) is 4.81.